The molecule has 2 atom stereocenters. The highest BCUT2D eigenvalue weighted by molar-refractivity contribution is 9.10. The van der Waals surface area contributed by atoms with Crippen LogP contribution in [-0.4, -0.2) is 67.5 Å². The van der Waals surface area contributed by atoms with Crippen molar-refractivity contribution in [3.63, 3.8) is 0 Å². The molecule has 2 fully saturated rings. The second kappa shape index (κ2) is 10.8. The topological polar surface area (TPSA) is 151 Å². The highest BCUT2D eigenvalue weighted by Gasteiger charge is 2.48. The monoisotopic (exact) mass is 631 g/mol. The minimum Gasteiger partial charge on any atom is -0.481 e. The first kappa shape index (κ1) is 28.1. The molecule has 13 heteroatoms. The van der Waals surface area contributed by atoms with Gasteiger partial charge in [-0.3, -0.25) is 18.7 Å². The van der Waals surface area contributed by atoms with Crippen LogP contribution in [-0.2, 0) is 19.6 Å². The molecule has 1 heterocycles. The van der Waals surface area contributed by atoms with E-state index in [2.05, 4.69) is 26.6 Å². The highest BCUT2D eigenvalue weighted by Crippen LogP contribution is 2.46. The summed E-state index contributed by atoms with van der Waals surface area (Å²) in [5.41, 5.74) is 2.88. The molecule has 5 rings (SSSR count). The Morgan fingerprint density at radius 1 is 1.15 bits per heavy atom. The van der Waals surface area contributed by atoms with Crippen LogP contribution >= 0.6 is 15.9 Å². The van der Waals surface area contributed by atoms with Gasteiger partial charge < -0.3 is 15.7 Å². The van der Waals surface area contributed by atoms with Crippen LogP contribution in [0.15, 0.2) is 40.9 Å². The normalized spacial score (nSPS) is 18.4. The lowest BCUT2D eigenvalue weighted by atomic mass is 10.0. The van der Waals surface area contributed by atoms with Gasteiger partial charge in [0.2, 0.25) is 15.9 Å². The summed E-state index contributed by atoms with van der Waals surface area (Å²) in [7, 11) is -2.14. The van der Waals surface area contributed by atoms with E-state index in [0.717, 1.165) is 29.1 Å². The van der Waals surface area contributed by atoms with Gasteiger partial charge in [-0.15, -0.1) is 0 Å². The van der Waals surface area contributed by atoms with Gasteiger partial charge in [-0.2, -0.15) is 5.10 Å². The Hall–Kier alpha value is -3.45. The average molecular weight is 633 g/mol. The van der Waals surface area contributed by atoms with Crippen molar-refractivity contribution in [3.05, 3.63) is 52.1 Å². The number of carbonyl (C=O) groups is 3. The first-order valence-electron chi connectivity index (χ1n) is 13.0. The standard InChI is InChI=1S/C27H30BrN5O6S/c1-29-26(35)24-21-12-18(15-4-5-15)23(14-22(21)31-33(24)17-8-6-16(28)7-9-17)32(40(2,38)39)11-3-10-30-25(34)19-13-20(19)27(36)37/h6-9,12,14-15,19-20H,3-5,10-11,13H2,1-2H3,(H,29,35)(H,30,34)(H,36,37)/t19-,20+/m0/s1. The number of rotatable bonds is 11. The maximum atomic E-state index is 13.0. The van der Waals surface area contributed by atoms with Gasteiger partial charge in [-0.25, -0.2) is 13.1 Å². The Bertz CT molecular complexity index is 1600. The van der Waals surface area contributed by atoms with Gasteiger partial charge in [0.25, 0.3) is 5.91 Å². The molecule has 40 heavy (non-hydrogen) atoms. The number of hydrogen-bond acceptors (Lipinski definition) is 6. The zero-order valence-electron chi connectivity index (χ0n) is 22.1. The molecule has 2 amide bonds. The molecule has 2 aliphatic carbocycles. The van der Waals surface area contributed by atoms with Crippen LogP contribution in [0.3, 0.4) is 0 Å². The number of hydrogen-bond donors (Lipinski definition) is 3. The van der Waals surface area contributed by atoms with Crippen LogP contribution in [0, 0.1) is 11.8 Å². The van der Waals surface area contributed by atoms with E-state index < -0.39 is 27.8 Å². The van der Waals surface area contributed by atoms with Gasteiger partial charge in [0.1, 0.15) is 5.69 Å². The van der Waals surface area contributed by atoms with Crippen LogP contribution in [0.5, 0.6) is 0 Å². The third-order valence-corrected chi connectivity index (χ3v) is 9.01. The van der Waals surface area contributed by atoms with Gasteiger partial charge >= 0.3 is 5.97 Å². The first-order valence-corrected chi connectivity index (χ1v) is 15.7. The molecule has 0 radical (unpaired) electrons. The SMILES string of the molecule is CNC(=O)c1c2cc(C3CC3)c(N(CCCNC(=O)[C@H]3C[C@H]3C(=O)O)S(C)(=O)=O)cc2nn1-c1ccc(Br)cc1. The van der Waals surface area contributed by atoms with E-state index in [4.69, 9.17) is 10.2 Å². The minimum atomic E-state index is -3.70. The Morgan fingerprint density at radius 2 is 1.85 bits per heavy atom. The molecule has 0 spiro atoms. The summed E-state index contributed by atoms with van der Waals surface area (Å²) in [5.74, 6) is -2.61. The summed E-state index contributed by atoms with van der Waals surface area (Å²) >= 11 is 3.42. The highest BCUT2D eigenvalue weighted by atomic mass is 79.9. The molecule has 0 bridgehead atoms. The third-order valence-electron chi connectivity index (χ3n) is 7.30. The minimum absolute atomic E-state index is 0.118. The number of carbonyl (C=O) groups excluding carboxylic acids is 2. The molecular weight excluding hydrogens is 602 g/mol. The maximum absolute atomic E-state index is 13.0. The van der Waals surface area contributed by atoms with E-state index in [1.54, 1.807) is 17.8 Å². The van der Waals surface area contributed by atoms with Crippen LogP contribution in [0.4, 0.5) is 5.69 Å². The predicted octanol–water partition coefficient (Wildman–Crippen LogP) is 3.02. The number of aliphatic carboxylic acids is 1. The van der Waals surface area contributed by atoms with Crippen LogP contribution in [0.2, 0.25) is 0 Å². The van der Waals surface area contributed by atoms with Crippen LogP contribution < -0.4 is 14.9 Å². The largest absolute Gasteiger partial charge is 0.481 e. The number of sulfonamides is 1. The Balaban J connectivity index is 1.47. The van der Waals surface area contributed by atoms with Crippen molar-refractivity contribution in [1.82, 2.24) is 20.4 Å². The number of aromatic nitrogens is 2. The smallest absolute Gasteiger partial charge is 0.307 e. The Kier molecular flexibility index (Phi) is 7.62. The van der Waals surface area contributed by atoms with Crippen molar-refractivity contribution in [1.29, 1.82) is 0 Å². The van der Waals surface area contributed by atoms with Gasteiger partial charge in [0.05, 0.1) is 35.0 Å². The number of benzene rings is 2. The fourth-order valence-corrected chi connectivity index (χ4v) is 6.21. The average Bonchev–Trinajstić information content (AvgIpc) is 3.83. The molecule has 2 saturated carbocycles. The zero-order valence-corrected chi connectivity index (χ0v) is 24.5. The number of halogens is 1. The number of carboxylic acid groups (broad SMARTS) is 1. The molecule has 0 unspecified atom stereocenters. The quantitative estimate of drug-likeness (QED) is 0.275. The van der Waals surface area contributed by atoms with E-state index in [1.165, 1.54) is 4.31 Å². The first-order chi connectivity index (χ1) is 19.0. The van der Waals surface area contributed by atoms with Crippen molar-refractivity contribution in [2.75, 3.05) is 30.7 Å². The molecule has 3 aromatic rings. The fraction of sp³-hybridized carbons (Fsp3) is 0.407. The van der Waals surface area contributed by atoms with Crippen LogP contribution in [0.1, 0.15) is 47.7 Å². The van der Waals surface area contributed by atoms with Gasteiger partial charge in [0, 0.05) is 30.0 Å². The molecule has 3 N–H and O–H groups in total. The molecule has 2 aliphatic rings. The summed E-state index contributed by atoms with van der Waals surface area (Å²) in [6.07, 6.45) is 3.63. The van der Waals surface area contributed by atoms with E-state index in [0.29, 0.717) is 40.8 Å². The number of nitrogens with one attached hydrogen (secondary N) is 2. The molecule has 0 aliphatic heterocycles. The molecule has 1 aromatic heterocycles. The summed E-state index contributed by atoms with van der Waals surface area (Å²) in [4.78, 5) is 36.3. The van der Waals surface area contributed by atoms with E-state index >= 15 is 0 Å². The molecule has 212 valence electrons. The zero-order chi connectivity index (χ0) is 28.8. The van der Waals surface area contributed by atoms with Crippen LogP contribution in [0.25, 0.3) is 16.6 Å². The lowest BCUT2D eigenvalue weighted by molar-refractivity contribution is -0.140. The number of fused-ring (bicyclic) bond motifs is 1. The summed E-state index contributed by atoms with van der Waals surface area (Å²) in [6, 6.07) is 11.0. The van der Waals surface area contributed by atoms with Crippen molar-refractivity contribution in [2.45, 2.75) is 31.6 Å². The second-order valence-corrected chi connectivity index (χ2v) is 13.1. The van der Waals surface area contributed by atoms with Crippen molar-refractivity contribution >= 4 is 60.3 Å². The second-order valence-electron chi connectivity index (χ2n) is 10.3. The fourth-order valence-electron chi connectivity index (χ4n) is 4.97. The number of nitrogens with zero attached hydrogens (tertiary/aromatic N) is 3. The van der Waals surface area contributed by atoms with Gasteiger partial charge in [0.15, 0.2) is 0 Å². The molecule has 11 nitrogen and oxygen atoms in total. The Labute approximate surface area is 240 Å². The lowest BCUT2D eigenvalue weighted by Gasteiger charge is -2.25. The van der Waals surface area contributed by atoms with Crippen molar-refractivity contribution in [2.24, 2.45) is 11.8 Å². The number of anilines is 1. The molecular formula is C27H30BrN5O6S. The van der Waals surface area contributed by atoms with E-state index in [1.807, 2.05) is 30.3 Å². The third kappa shape index (κ3) is 5.71. The Morgan fingerprint density at radius 3 is 2.42 bits per heavy atom. The number of carboxylic acids is 1. The maximum Gasteiger partial charge on any atom is 0.307 e. The predicted molar refractivity (Wildman–Crippen MR) is 153 cm³/mol. The van der Waals surface area contributed by atoms with Crippen molar-refractivity contribution < 1.29 is 27.9 Å². The summed E-state index contributed by atoms with van der Waals surface area (Å²) in [6.45, 7) is 0.334. The molecule has 2 aromatic carbocycles. The van der Waals surface area contributed by atoms with Crippen molar-refractivity contribution in [3.8, 4) is 5.69 Å². The summed E-state index contributed by atoms with van der Waals surface area (Å²) < 4.78 is 29.8. The molecule has 0 saturated heterocycles. The van der Waals surface area contributed by atoms with E-state index in [9.17, 15) is 22.8 Å². The summed E-state index contributed by atoms with van der Waals surface area (Å²) in [5, 5.41) is 19.8. The van der Waals surface area contributed by atoms with Gasteiger partial charge in [-0.05, 0) is 73.6 Å². The number of amides is 2. The van der Waals surface area contributed by atoms with Gasteiger partial charge in [-0.1, -0.05) is 15.9 Å². The van der Waals surface area contributed by atoms with E-state index in [-0.39, 0.29) is 30.8 Å². The lowest BCUT2D eigenvalue weighted by Crippen LogP contribution is -2.35.